The van der Waals surface area contributed by atoms with Crippen molar-refractivity contribution in [2.45, 2.75) is 12.1 Å². The van der Waals surface area contributed by atoms with Crippen molar-refractivity contribution >= 4 is 40.6 Å². The molecule has 0 aliphatic rings. The van der Waals surface area contributed by atoms with Crippen LogP contribution in [0.3, 0.4) is 0 Å². The molecule has 3 rings (SSSR count). The molecule has 134 valence electrons. The van der Waals surface area contributed by atoms with Gasteiger partial charge in [0.15, 0.2) is 11.0 Å². The highest BCUT2D eigenvalue weighted by Crippen LogP contribution is 2.27. The van der Waals surface area contributed by atoms with Crippen molar-refractivity contribution in [3.63, 3.8) is 0 Å². The summed E-state index contributed by atoms with van der Waals surface area (Å²) in [7, 11) is 1.85. The van der Waals surface area contributed by atoms with Crippen LogP contribution in [0.4, 0.5) is 11.4 Å². The van der Waals surface area contributed by atoms with Crippen LogP contribution in [-0.4, -0.2) is 26.4 Å². The zero-order valence-electron chi connectivity index (χ0n) is 14.4. The summed E-state index contributed by atoms with van der Waals surface area (Å²) in [6.45, 7) is 1.91. The van der Waals surface area contributed by atoms with Gasteiger partial charge in [0, 0.05) is 29.0 Å². The Hall–Kier alpha value is -2.51. The second kappa shape index (κ2) is 7.80. The van der Waals surface area contributed by atoms with Crippen LogP contribution >= 0.6 is 23.4 Å². The highest BCUT2D eigenvalue weighted by molar-refractivity contribution is 7.99. The predicted molar refractivity (Wildman–Crippen MR) is 106 cm³/mol. The van der Waals surface area contributed by atoms with Crippen LogP contribution in [0.5, 0.6) is 0 Å². The van der Waals surface area contributed by atoms with E-state index in [4.69, 9.17) is 17.3 Å². The lowest BCUT2D eigenvalue weighted by Gasteiger charge is -2.07. The van der Waals surface area contributed by atoms with Crippen molar-refractivity contribution < 1.29 is 4.79 Å². The molecule has 0 unspecified atom stereocenters. The summed E-state index contributed by atoms with van der Waals surface area (Å²) < 4.78 is 1.83. The normalized spacial score (nSPS) is 10.7. The Morgan fingerprint density at radius 2 is 2.04 bits per heavy atom. The summed E-state index contributed by atoms with van der Waals surface area (Å²) in [6, 6.07) is 12.9. The van der Waals surface area contributed by atoms with Gasteiger partial charge in [-0.2, -0.15) is 0 Å². The number of hydrogen-bond donors (Lipinski definition) is 2. The van der Waals surface area contributed by atoms with Crippen LogP contribution in [0.25, 0.3) is 11.4 Å². The van der Waals surface area contributed by atoms with Gasteiger partial charge in [-0.1, -0.05) is 41.6 Å². The molecule has 1 heterocycles. The van der Waals surface area contributed by atoms with Crippen molar-refractivity contribution in [1.82, 2.24) is 14.8 Å². The van der Waals surface area contributed by atoms with Crippen LogP contribution in [0.15, 0.2) is 47.6 Å². The molecule has 0 saturated heterocycles. The number of carbonyl (C=O) groups is 1. The van der Waals surface area contributed by atoms with Crippen LogP contribution < -0.4 is 11.1 Å². The summed E-state index contributed by atoms with van der Waals surface area (Å²) >= 11 is 7.38. The van der Waals surface area contributed by atoms with Gasteiger partial charge in [0.05, 0.1) is 5.75 Å². The third-order valence-corrected chi connectivity index (χ3v) is 5.25. The number of hydrogen-bond acceptors (Lipinski definition) is 5. The number of amides is 1. The van der Waals surface area contributed by atoms with Crippen LogP contribution in [0, 0.1) is 6.92 Å². The SMILES string of the molecule is Cc1ccc(NC(=O)CSc2nnc(-c3ccccc3N)n2C)cc1Cl. The topological polar surface area (TPSA) is 85.8 Å². The lowest BCUT2D eigenvalue weighted by Crippen LogP contribution is -2.14. The van der Waals surface area contributed by atoms with E-state index in [1.165, 1.54) is 11.8 Å². The fourth-order valence-electron chi connectivity index (χ4n) is 2.37. The maximum atomic E-state index is 12.2. The highest BCUT2D eigenvalue weighted by atomic mass is 35.5. The fraction of sp³-hybridized carbons (Fsp3) is 0.167. The molecule has 1 amide bonds. The molecule has 26 heavy (non-hydrogen) atoms. The maximum Gasteiger partial charge on any atom is 0.234 e. The highest BCUT2D eigenvalue weighted by Gasteiger charge is 2.14. The quantitative estimate of drug-likeness (QED) is 0.514. The number of nitrogens with two attached hydrogens (primary N) is 1. The van der Waals surface area contributed by atoms with Gasteiger partial charge < -0.3 is 15.6 Å². The van der Waals surface area contributed by atoms with Gasteiger partial charge in [-0.25, -0.2) is 0 Å². The van der Waals surface area contributed by atoms with Crippen molar-refractivity contribution in [3.05, 3.63) is 53.1 Å². The van der Waals surface area contributed by atoms with Crippen LogP contribution in [0.2, 0.25) is 5.02 Å². The number of aryl methyl sites for hydroxylation is 1. The van der Waals surface area contributed by atoms with E-state index in [0.717, 1.165) is 11.1 Å². The van der Waals surface area contributed by atoms with Gasteiger partial charge in [-0.05, 0) is 36.8 Å². The number of rotatable bonds is 5. The first kappa shape index (κ1) is 18.3. The predicted octanol–water partition coefficient (Wildman–Crippen LogP) is 3.76. The molecular weight excluding hydrogens is 370 g/mol. The van der Waals surface area contributed by atoms with E-state index >= 15 is 0 Å². The summed E-state index contributed by atoms with van der Waals surface area (Å²) in [6.07, 6.45) is 0. The molecule has 3 aromatic rings. The Bertz CT molecular complexity index is 957. The fourth-order valence-corrected chi connectivity index (χ4v) is 3.27. The molecule has 2 aromatic carbocycles. The number of anilines is 2. The lowest BCUT2D eigenvalue weighted by molar-refractivity contribution is -0.113. The molecule has 0 aliphatic heterocycles. The number of nitrogens with zero attached hydrogens (tertiary/aromatic N) is 3. The number of nitrogen functional groups attached to an aromatic ring is 1. The third kappa shape index (κ3) is 4.00. The zero-order valence-corrected chi connectivity index (χ0v) is 15.9. The number of carbonyl (C=O) groups excluding carboxylic acids is 1. The van der Waals surface area contributed by atoms with Gasteiger partial charge in [-0.3, -0.25) is 4.79 Å². The average molecular weight is 388 g/mol. The Kier molecular flexibility index (Phi) is 5.49. The van der Waals surface area contributed by atoms with Crippen molar-refractivity contribution in [2.24, 2.45) is 7.05 Å². The monoisotopic (exact) mass is 387 g/mol. The van der Waals surface area contributed by atoms with Crippen LogP contribution in [0.1, 0.15) is 5.56 Å². The first-order valence-corrected chi connectivity index (χ1v) is 9.25. The minimum atomic E-state index is -0.140. The smallest absolute Gasteiger partial charge is 0.234 e. The Morgan fingerprint density at radius 1 is 1.27 bits per heavy atom. The molecule has 0 bridgehead atoms. The molecule has 0 radical (unpaired) electrons. The number of benzene rings is 2. The van der Waals surface area contributed by atoms with E-state index in [1.807, 2.05) is 54.9 Å². The van der Waals surface area contributed by atoms with Gasteiger partial charge in [0.25, 0.3) is 0 Å². The van der Waals surface area contributed by atoms with E-state index in [0.29, 0.717) is 27.4 Å². The number of nitrogens with one attached hydrogen (secondary N) is 1. The Balaban J connectivity index is 1.66. The van der Waals surface area contributed by atoms with E-state index in [9.17, 15) is 4.79 Å². The van der Waals surface area contributed by atoms with Crippen molar-refractivity contribution in [2.75, 3.05) is 16.8 Å². The van der Waals surface area contributed by atoms with Crippen LogP contribution in [-0.2, 0) is 11.8 Å². The van der Waals surface area contributed by atoms with Gasteiger partial charge in [0.1, 0.15) is 0 Å². The zero-order chi connectivity index (χ0) is 18.7. The average Bonchev–Trinajstić information content (AvgIpc) is 2.97. The van der Waals surface area contributed by atoms with Gasteiger partial charge in [-0.15, -0.1) is 10.2 Å². The summed E-state index contributed by atoms with van der Waals surface area (Å²) in [5.74, 6) is 0.733. The maximum absolute atomic E-state index is 12.2. The molecule has 1 aromatic heterocycles. The number of para-hydroxylation sites is 1. The number of halogens is 1. The molecule has 8 heteroatoms. The Labute approximate surface area is 160 Å². The van der Waals surface area contributed by atoms with Crippen molar-refractivity contribution in [1.29, 1.82) is 0 Å². The minimum Gasteiger partial charge on any atom is -0.398 e. The number of aromatic nitrogens is 3. The molecule has 3 N–H and O–H groups in total. The van der Waals surface area contributed by atoms with E-state index in [1.54, 1.807) is 6.07 Å². The molecule has 0 atom stereocenters. The van der Waals surface area contributed by atoms with E-state index < -0.39 is 0 Å². The van der Waals surface area contributed by atoms with Gasteiger partial charge >= 0.3 is 0 Å². The lowest BCUT2D eigenvalue weighted by atomic mass is 10.2. The molecule has 0 aliphatic carbocycles. The molecular formula is C18H18ClN5OS. The van der Waals surface area contributed by atoms with Gasteiger partial charge in [0.2, 0.25) is 5.91 Å². The molecule has 6 nitrogen and oxygen atoms in total. The number of thioether (sulfide) groups is 1. The third-order valence-electron chi connectivity index (χ3n) is 3.82. The minimum absolute atomic E-state index is 0.140. The van der Waals surface area contributed by atoms with Crippen molar-refractivity contribution in [3.8, 4) is 11.4 Å². The molecule has 0 saturated carbocycles. The second-order valence-electron chi connectivity index (χ2n) is 5.75. The standard InChI is InChI=1S/C18H18ClN5OS/c1-11-7-8-12(9-14(11)19)21-16(25)10-26-18-23-22-17(24(18)2)13-5-3-4-6-15(13)20/h3-9H,10,20H2,1-2H3,(H,21,25). The summed E-state index contributed by atoms with van der Waals surface area (Å²) in [5.41, 5.74) is 9.08. The van der Waals surface area contributed by atoms with E-state index in [-0.39, 0.29) is 11.7 Å². The second-order valence-corrected chi connectivity index (χ2v) is 7.10. The molecule has 0 spiro atoms. The molecule has 0 fully saturated rings. The summed E-state index contributed by atoms with van der Waals surface area (Å²) in [4.78, 5) is 12.2. The Morgan fingerprint density at radius 3 is 2.77 bits per heavy atom. The summed E-state index contributed by atoms with van der Waals surface area (Å²) in [5, 5.41) is 12.4. The first-order chi connectivity index (χ1) is 12.5. The largest absolute Gasteiger partial charge is 0.398 e. The first-order valence-electron chi connectivity index (χ1n) is 7.89. The van der Waals surface area contributed by atoms with E-state index in [2.05, 4.69) is 15.5 Å².